The lowest BCUT2D eigenvalue weighted by Gasteiger charge is -2.27. The highest BCUT2D eigenvalue weighted by atomic mass is 79.9. The van der Waals surface area contributed by atoms with Crippen molar-refractivity contribution < 1.29 is 17.9 Å². The van der Waals surface area contributed by atoms with Crippen LogP contribution in [0.25, 0.3) is 11.1 Å². The van der Waals surface area contributed by atoms with Crippen LogP contribution in [0.5, 0.6) is 5.75 Å². The van der Waals surface area contributed by atoms with E-state index in [1.165, 1.54) is 0 Å². The molecule has 4 aromatic rings. The van der Waals surface area contributed by atoms with Crippen molar-refractivity contribution in [3.63, 3.8) is 0 Å². The molecule has 3 heterocycles. The average Bonchev–Trinajstić information content (AvgIpc) is 3.41. The van der Waals surface area contributed by atoms with E-state index >= 15 is 0 Å². The Morgan fingerprint density at radius 1 is 1.17 bits per heavy atom. The Morgan fingerprint density at radius 3 is 2.66 bits per heavy atom. The van der Waals surface area contributed by atoms with Crippen LogP contribution in [0.15, 0.2) is 64.4 Å². The van der Waals surface area contributed by atoms with E-state index in [2.05, 4.69) is 46.9 Å². The van der Waals surface area contributed by atoms with Gasteiger partial charge in [-0.05, 0) is 65.2 Å². The molecule has 1 aliphatic rings. The van der Waals surface area contributed by atoms with Crippen LogP contribution in [0.2, 0.25) is 0 Å². The van der Waals surface area contributed by atoms with E-state index in [9.17, 15) is 8.42 Å². The molecule has 216 valence electrons. The smallest absolute Gasteiger partial charge is 0.229 e. The van der Waals surface area contributed by atoms with Crippen LogP contribution in [0.3, 0.4) is 0 Å². The van der Waals surface area contributed by atoms with Crippen molar-refractivity contribution in [2.45, 2.75) is 30.1 Å². The van der Waals surface area contributed by atoms with Crippen LogP contribution in [0.1, 0.15) is 25.5 Å². The molecule has 0 bridgehead atoms. The first-order valence-electron chi connectivity index (χ1n) is 13.1. The molecule has 13 heteroatoms. The van der Waals surface area contributed by atoms with Gasteiger partial charge >= 0.3 is 0 Å². The van der Waals surface area contributed by atoms with Crippen molar-refractivity contribution in [2.24, 2.45) is 7.05 Å². The zero-order chi connectivity index (χ0) is 29.1. The second kappa shape index (κ2) is 12.1. The molecule has 1 fully saturated rings. The second-order valence-electron chi connectivity index (χ2n) is 9.84. The highest BCUT2D eigenvalue weighted by Gasteiger charge is 2.25. The minimum Gasteiger partial charge on any atom is -0.495 e. The first-order chi connectivity index (χ1) is 19.7. The van der Waals surface area contributed by atoms with Gasteiger partial charge < -0.3 is 25.4 Å². The third-order valence-corrected chi connectivity index (χ3v) is 9.51. The molecule has 1 saturated heterocycles. The molecule has 1 aliphatic heterocycles. The van der Waals surface area contributed by atoms with E-state index in [4.69, 9.17) is 9.47 Å². The molecular weight excluding hydrogens is 610 g/mol. The summed E-state index contributed by atoms with van der Waals surface area (Å²) < 4.78 is 40.1. The molecule has 0 amide bonds. The van der Waals surface area contributed by atoms with Gasteiger partial charge in [0.05, 0.1) is 52.0 Å². The number of para-hydroxylation sites is 1. The zero-order valence-corrected chi connectivity index (χ0v) is 25.6. The second-order valence-corrected chi connectivity index (χ2v) is 13.2. The maximum Gasteiger partial charge on any atom is 0.229 e. The number of ether oxygens (including phenoxy) is 2. The number of hydrogen-bond acceptors (Lipinski definition) is 10. The third-order valence-electron chi connectivity index (χ3n) is 6.72. The lowest BCUT2D eigenvalue weighted by Crippen LogP contribution is -2.33. The van der Waals surface area contributed by atoms with Crippen molar-refractivity contribution in [1.29, 1.82) is 0 Å². The lowest BCUT2D eigenvalue weighted by molar-refractivity contribution is 0.0279. The average molecular weight is 643 g/mol. The van der Waals surface area contributed by atoms with Gasteiger partial charge in [-0.25, -0.2) is 13.4 Å². The lowest BCUT2D eigenvalue weighted by atomic mass is 9.96. The highest BCUT2D eigenvalue weighted by molar-refractivity contribution is 9.10. The quantitative estimate of drug-likeness (QED) is 0.230. The summed E-state index contributed by atoms with van der Waals surface area (Å²) in [5.74, 6) is 1.29. The van der Waals surface area contributed by atoms with Crippen molar-refractivity contribution in [3.8, 4) is 16.9 Å². The number of anilines is 4. The standard InChI is InChI=1S/C28H32BrN7O4S/c1-17(2)41(37,38)26-8-6-5-7-22(26)33-27-21(29)14-31-28(35-27)34-23-11-19(18-13-32-36(3)16-18)20(12-24(23)39-4)25-15-30-9-10-40-25/h5-8,11-14,16-17,25,30H,9-10,15H2,1-4H3,(H2,31,33,34,35). The molecule has 0 radical (unpaired) electrons. The number of benzene rings is 2. The van der Waals surface area contributed by atoms with Gasteiger partial charge in [0.25, 0.3) is 0 Å². The molecule has 1 atom stereocenters. The molecule has 11 nitrogen and oxygen atoms in total. The molecule has 2 aromatic heterocycles. The fourth-order valence-electron chi connectivity index (χ4n) is 4.54. The van der Waals surface area contributed by atoms with Crippen LogP contribution < -0.4 is 20.7 Å². The molecule has 3 N–H and O–H groups in total. The topological polar surface area (TPSA) is 132 Å². The number of nitrogens with one attached hydrogen (secondary N) is 3. The molecule has 2 aromatic carbocycles. The Labute approximate surface area is 247 Å². The number of aromatic nitrogens is 4. The van der Waals surface area contributed by atoms with Crippen LogP contribution in [0.4, 0.5) is 23.1 Å². The van der Waals surface area contributed by atoms with Crippen molar-refractivity contribution >= 4 is 48.9 Å². The van der Waals surface area contributed by atoms with Gasteiger partial charge in [0, 0.05) is 38.1 Å². The molecule has 1 unspecified atom stereocenters. The van der Waals surface area contributed by atoms with Crippen LogP contribution in [-0.4, -0.2) is 60.2 Å². The molecule has 41 heavy (non-hydrogen) atoms. The number of halogens is 1. The maximum atomic E-state index is 13.0. The Kier molecular flexibility index (Phi) is 8.59. The first kappa shape index (κ1) is 29.0. The molecule has 0 spiro atoms. The van der Waals surface area contributed by atoms with E-state index in [0.29, 0.717) is 46.5 Å². The van der Waals surface area contributed by atoms with Crippen LogP contribution in [-0.2, 0) is 21.6 Å². The number of hydrogen-bond donors (Lipinski definition) is 3. The van der Waals surface area contributed by atoms with Crippen LogP contribution in [0, 0.1) is 0 Å². The summed E-state index contributed by atoms with van der Waals surface area (Å²) in [5.41, 5.74) is 3.93. The molecule has 0 saturated carbocycles. The fourth-order valence-corrected chi connectivity index (χ4v) is 6.03. The summed E-state index contributed by atoms with van der Waals surface area (Å²) in [6.07, 6.45) is 5.21. The van der Waals surface area contributed by atoms with Gasteiger partial charge in [-0.15, -0.1) is 0 Å². The normalized spacial score (nSPS) is 15.6. The summed E-state index contributed by atoms with van der Waals surface area (Å²) in [4.78, 5) is 9.28. The monoisotopic (exact) mass is 641 g/mol. The highest BCUT2D eigenvalue weighted by Crippen LogP contribution is 2.40. The summed E-state index contributed by atoms with van der Waals surface area (Å²) in [7, 11) is -0.0450. The Balaban J connectivity index is 1.51. The third kappa shape index (κ3) is 6.22. The number of nitrogens with zero attached hydrogens (tertiary/aromatic N) is 4. The maximum absolute atomic E-state index is 13.0. The molecule has 5 rings (SSSR count). The number of morpholine rings is 1. The number of methoxy groups -OCH3 is 1. The van der Waals surface area contributed by atoms with Crippen molar-refractivity contribution in [2.75, 3.05) is 37.4 Å². The Bertz CT molecular complexity index is 1650. The molecular formula is C28H32BrN7O4S. The van der Waals surface area contributed by atoms with E-state index in [1.54, 1.807) is 56.1 Å². The van der Waals surface area contributed by atoms with Crippen LogP contribution >= 0.6 is 15.9 Å². The Morgan fingerprint density at radius 2 is 1.98 bits per heavy atom. The predicted molar refractivity (Wildman–Crippen MR) is 162 cm³/mol. The number of rotatable bonds is 9. The minimum atomic E-state index is -3.53. The van der Waals surface area contributed by atoms with E-state index in [0.717, 1.165) is 23.2 Å². The summed E-state index contributed by atoms with van der Waals surface area (Å²) >= 11 is 3.49. The number of sulfone groups is 1. The minimum absolute atomic E-state index is 0.149. The van der Waals surface area contributed by atoms with E-state index < -0.39 is 15.1 Å². The number of aryl methyl sites for hydroxylation is 1. The van der Waals surface area contributed by atoms with Gasteiger partial charge in [0.2, 0.25) is 5.95 Å². The Hall–Kier alpha value is -3.52. The van der Waals surface area contributed by atoms with Gasteiger partial charge in [-0.2, -0.15) is 10.1 Å². The van der Waals surface area contributed by atoms with Gasteiger partial charge in [-0.3, -0.25) is 4.68 Å². The summed E-state index contributed by atoms with van der Waals surface area (Å²) in [6, 6.07) is 10.7. The van der Waals surface area contributed by atoms with Gasteiger partial charge in [0.15, 0.2) is 9.84 Å². The van der Waals surface area contributed by atoms with E-state index in [1.807, 2.05) is 31.6 Å². The molecule has 0 aliphatic carbocycles. The zero-order valence-electron chi connectivity index (χ0n) is 23.2. The first-order valence-corrected chi connectivity index (χ1v) is 15.4. The van der Waals surface area contributed by atoms with Crippen molar-refractivity contribution in [3.05, 3.63) is 65.0 Å². The predicted octanol–water partition coefficient (Wildman–Crippen LogP) is 4.98. The van der Waals surface area contributed by atoms with Gasteiger partial charge in [0.1, 0.15) is 11.6 Å². The van der Waals surface area contributed by atoms with Crippen molar-refractivity contribution in [1.82, 2.24) is 25.1 Å². The summed E-state index contributed by atoms with van der Waals surface area (Å²) in [5, 5.41) is 13.6. The summed E-state index contributed by atoms with van der Waals surface area (Å²) in [6.45, 7) is 5.42. The van der Waals surface area contributed by atoms with E-state index in [-0.39, 0.29) is 11.0 Å². The fraction of sp³-hybridized carbons (Fsp3) is 0.321. The van der Waals surface area contributed by atoms with Gasteiger partial charge in [-0.1, -0.05) is 12.1 Å². The SMILES string of the molecule is COc1cc(C2CNCCO2)c(-c2cnn(C)c2)cc1Nc1ncc(Br)c(Nc2ccccc2S(=O)(=O)C(C)C)n1. The largest absolute Gasteiger partial charge is 0.495 e.